The highest BCUT2D eigenvalue weighted by Gasteiger charge is 2.21. The predicted molar refractivity (Wildman–Crippen MR) is 59.7 cm³/mol. The minimum absolute atomic E-state index is 0.256. The Morgan fingerprint density at radius 2 is 2.07 bits per heavy atom. The van der Waals surface area contributed by atoms with Gasteiger partial charge >= 0.3 is 0 Å². The van der Waals surface area contributed by atoms with E-state index in [0.29, 0.717) is 5.56 Å². The van der Waals surface area contributed by atoms with E-state index >= 15 is 0 Å². The van der Waals surface area contributed by atoms with Gasteiger partial charge in [-0.05, 0) is 41.1 Å². The molecule has 1 aromatic heterocycles. The molecule has 0 N–H and O–H groups in total. The Hall–Kier alpha value is -0.0200. The predicted octanol–water partition coefficient (Wildman–Crippen LogP) is 2.86. The van der Waals surface area contributed by atoms with Gasteiger partial charge in [0.25, 0.3) is 15.5 Å². The average molecular weight is 368 g/mol. The number of nitrogens with zero attached hydrogens (tertiary/aromatic N) is 1. The summed E-state index contributed by atoms with van der Waals surface area (Å²) >= 11 is 1.70. The third-order valence-corrected chi connectivity index (χ3v) is 4.51. The van der Waals surface area contributed by atoms with Crippen LogP contribution >= 0.6 is 33.3 Å². The number of pyridine rings is 1. The highest BCUT2D eigenvalue weighted by Crippen LogP contribution is 2.27. The minimum Gasteiger partial charge on any atom is -0.233 e. The normalized spacial score (nSPS) is 12.1. The van der Waals surface area contributed by atoms with Crippen LogP contribution in [0.5, 0.6) is 0 Å². The second kappa shape index (κ2) is 4.46. The lowest BCUT2D eigenvalue weighted by Crippen LogP contribution is -2.04. The van der Waals surface area contributed by atoms with Crippen molar-refractivity contribution < 1.29 is 17.2 Å². The Balaban J connectivity index is 3.52. The molecule has 0 saturated heterocycles. The summed E-state index contributed by atoms with van der Waals surface area (Å²) in [5.41, 5.74) is -0.188. The Labute approximate surface area is 103 Å². The molecule has 0 aliphatic heterocycles. The maximum atomic E-state index is 12.3. The first kappa shape index (κ1) is 13.0. The molecule has 0 aliphatic carbocycles. The first-order valence-corrected chi connectivity index (χ1v) is 7.02. The van der Waals surface area contributed by atoms with Gasteiger partial charge in [0.1, 0.15) is 5.69 Å². The van der Waals surface area contributed by atoms with Crippen molar-refractivity contribution in [3.05, 3.63) is 20.9 Å². The zero-order valence-electron chi connectivity index (χ0n) is 7.34. The van der Waals surface area contributed by atoms with Gasteiger partial charge in [0.2, 0.25) is 0 Å². The molecule has 1 aromatic rings. The third kappa shape index (κ3) is 2.97. The van der Waals surface area contributed by atoms with Crippen LogP contribution in [0.3, 0.4) is 0 Å². The number of halogens is 4. The summed E-state index contributed by atoms with van der Waals surface area (Å²) in [6.07, 6.45) is -2.82. The van der Waals surface area contributed by atoms with Crippen molar-refractivity contribution in [3.63, 3.8) is 0 Å². The molecule has 0 radical (unpaired) electrons. The molecule has 0 aliphatic rings. The lowest BCUT2D eigenvalue weighted by Gasteiger charge is -2.06. The van der Waals surface area contributed by atoms with Crippen molar-refractivity contribution in [1.82, 2.24) is 4.98 Å². The molecule has 1 rings (SSSR count). The Morgan fingerprint density at radius 1 is 1.53 bits per heavy atom. The van der Waals surface area contributed by atoms with Gasteiger partial charge in [0, 0.05) is 10.7 Å². The summed E-state index contributed by atoms with van der Waals surface area (Å²) in [5.74, 6) is 0. The number of alkyl halides is 2. The molecule has 0 amide bonds. The molecular weight excluding hydrogens is 363 g/mol. The van der Waals surface area contributed by atoms with Crippen molar-refractivity contribution in [2.45, 2.75) is 18.4 Å². The highest BCUT2D eigenvalue weighted by molar-refractivity contribution is 14.1. The summed E-state index contributed by atoms with van der Waals surface area (Å²) in [5, 5.41) is -0.514. The number of aromatic nitrogens is 1. The summed E-state index contributed by atoms with van der Waals surface area (Å²) in [6.45, 7) is 1.51. The van der Waals surface area contributed by atoms with Crippen molar-refractivity contribution in [2.24, 2.45) is 0 Å². The first-order valence-electron chi connectivity index (χ1n) is 3.63. The van der Waals surface area contributed by atoms with Gasteiger partial charge in [-0.25, -0.2) is 22.2 Å². The van der Waals surface area contributed by atoms with Crippen molar-refractivity contribution >= 4 is 42.3 Å². The molecule has 0 aromatic carbocycles. The molecule has 0 unspecified atom stereocenters. The zero-order chi connectivity index (χ0) is 11.8. The molecule has 8 heteroatoms. The van der Waals surface area contributed by atoms with Crippen LogP contribution in [0.25, 0.3) is 0 Å². The van der Waals surface area contributed by atoms with Crippen LogP contribution in [0.2, 0.25) is 0 Å². The number of hydrogen-bond acceptors (Lipinski definition) is 3. The van der Waals surface area contributed by atoms with E-state index in [1.54, 1.807) is 22.6 Å². The van der Waals surface area contributed by atoms with Crippen LogP contribution in [-0.2, 0) is 9.05 Å². The monoisotopic (exact) mass is 367 g/mol. The van der Waals surface area contributed by atoms with Crippen molar-refractivity contribution in [2.75, 3.05) is 0 Å². The summed E-state index contributed by atoms with van der Waals surface area (Å²) in [7, 11) is 0.981. The first-order chi connectivity index (χ1) is 6.73. The Morgan fingerprint density at radius 3 is 2.47 bits per heavy atom. The fourth-order valence-corrected chi connectivity index (χ4v) is 3.39. The molecule has 84 valence electrons. The highest BCUT2D eigenvalue weighted by atomic mass is 127. The van der Waals surface area contributed by atoms with Crippen LogP contribution in [-0.4, -0.2) is 13.4 Å². The standard InChI is InChI=1S/C7H5ClF2INO2S/c1-3-2-4(6(9)10)12-7(5(3)11)15(8,13)14/h2,6H,1H3. The zero-order valence-corrected chi connectivity index (χ0v) is 11.1. The van der Waals surface area contributed by atoms with Crippen molar-refractivity contribution in [1.29, 1.82) is 0 Å². The van der Waals surface area contributed by atoms with E-state index in [1.165, 1.54) is 6.92 Å². The smallest absolute Gasteiger partial charge is 0.233 e. The van der Waals surface area contributed by atoms with E-state index < -0.39 is 26.2 Å². The Bertz CT molecular complexity index is 492. The van der Waals surface area contributed by atoms with Gasteiger partial charge in [-0.15, -0.1) is 0 Å². The molecule has 15 heavy (non-hydrogen) atoms. The van der Waals surface area contributed by atoms with E-state index in [4.69, 9.17) is 10.7 Å². The minimum atomic E-state index is -4.09. The fraction of sp³-hybridized carbons (Fsp3) is 0.286. The summed E-state index contributed by atoms with van der Waals surface area (Å²) in [4.78, 5) is 3.33. The van der Waals surface area contributed by atoms with Gasteiger partial charge in [-0.1, -0.05) is 0 Å². The maximum Gasteiger partial charge on any atom is 0.280 e. The summed E-state index contributed by atoms with van der Waals surface area (Å²) < 4.78 is 47.0. The molecule has 0 fully saturated rings. The Kier molecular flexibility index (Phi) is 3.88. The fourth-order valence-electron chi connectivity index (χ4n) is 0.926. The molecule has 1 heterocycles. The SMILES string of the molecule is Cc1cc(C(F)F)nc(S(=O)(=O)Cl)c1I. The van der Waals surface area contributed by atoms with E-state index in [0.717, 1.165) is 6.07 Å². The molecule has 0 saturated carbocycles. The quantitative estimate of drug-likeness (QED) is 0.596. The van der Waals surface area contributed by atoms with Crippen LogP contribution < -0.4 is 0 Å². The van der Waals surface area contributed by atoms with Gasteiger partial charge in [0.05, 0.1) is 3.57 Å². The largest absolute Gasteiger partial charge is 0.280 e. The van der Waals surface area contributed by atoms with Crippen LogP contribution in [0.4, 0.5) is 8.78 Å². The number of rotatable bonds is 2. The topological polar surface area (TPSA) is 47.0 Å². The molecule has 0 spiro atoms. The van der Waals surface area contributed by atoms with Crippen LogP contribution in [0, 0.1) is 10.5 Å². The lowest BCUT2D eigenvalue weighted by molar-refractivity contribution is 0.145. The third-order valence-electron chi connectivity index (χ3n) is 1.58. The molecular formula is C7H5ClF2INO2S. The second-order valence-corrected chi connectivity index (χ2v) is 6.28. The van der Waals surface area contributed by atoms with Gasteiger partial charge in [-0.3, -0.25) is 0 Å². The number of aryl methyl sites for hydroxylation is 1. The van der Waals surface area contributed by atoms with E-state index in [2.05, 4.69) is 4.98 Å². The van der Waals surface area contributed by atoms with Crippen LogP contribution in [0.15, 0.2) is 11.1 Å². The number of hydrogen-bond donors (Lipinski definition) is 0. The molecule has 0 bridgehead atoms. The molecule has 0 atom stereocenters. The lowest BCUT2D eigenvalue weighted by atomic mass is 10.2. The average Bonchev–Trinajstić information content (AvgIpc) is 2.06. The van der Waals surface area contributed by atoms with E-state index in [1.807, 2.05) is 0 Å². The molecule has 3 nitrogen and oxygen atoms in total. The van der Waals surface area contributed by atoms with Gasteiger partial charge < -0.3 is 0 Å². The van der Waals surface area contributed by atoms with Crippen LogP contribution in [0.1, 0.15) is 17.7 Å². The van der Waals surface area contributed by atoms with E-state index in [9.17, 15) is 17.2 Å². The van der Waals surface area contributed by atoms with Gasteiger partial charge in [-0.2, -0.15) is 0 Å². The second-order valence-electron chi connectivity index (χ2n) is 2.72. The summed E-state index contributed by atoms with van der Waals surface area (Å²) in [6, 6.07) is 1.14. The van der Waals surface area contributed by atoms with Gasteiger partial charge in [0.15, 0.2) is 5.03 Å². The maximum absolute atomic E-state index is 12.3. The van der Waals surface area contributed by atoms with E-state index in [-0.39, 0.29) is 3.57 Å². The van der Waals surface area contributed by atoms with Crippen molar-refractivity contribution in [3.8, 4) is 0 Å².